The average molecular weight is 387 g/mol. The van der Waals surface area contributed by atoms with Gasteiger partial charge in [0, 0.05) is 10.6 Å². The molecule has 0 aromatic heterocycles. The van der Waals surface area contributed by atoms with E-state index in [0.717, 1.165) is 16.7 Å². The van der Waals surface area contributed by atoms with E-state index in [1.807, 2.05) is 12.1 Å². The summed E-state index contributed by atoms with van der Waals surface area (Å²) < 4.78 is 38.9. The molecule has 1 saturated heterocycles. The summed E-state index contributed by atoms with van der Waals surface area (Å²) in [7, 11) is 0. The van der Waals surface area contributed by atoms with E-state index in [0.29, 0.717) is 18.2 Å². The molecule has 0 amide bonds. The lowest BCUT2D eigenvalue weighted by Gasteiger charge is -2.41. The van der Waals surface area contributed by atoms with Gasteiger partial charge in [-0.2, -0.15) is 0 Å². The van der Waals surface area contributed by atoms with E-state index >= 15 is 0 Å². The zero-order chi connectivity index (χ0) is 18.9. The SMILES string of the molecule is Fc1ccc(C2(c3ccc(F)cc3)COC(c3ccc(Cl)cc3)OC2)cc1. The molecule has 0 N–H and O–H groups in total. The van der Waals surface area contributed by atoms with E-state index in [2.05, 4.69) is 0 Å². The summed E-state index contributed by atoms with van der Waals surface area (Å²) in [5.41, 5.74) is 1.92. The highest BCUT2D eigenvalue weighted by Crippen LogP contribution is 2.40. The predicted molar refractivity (Wildman–Crippen MR) is 99.7 cm³/mol. The fourth-order valence-electron chi connectivity index (χ4n) is 3.38. The molecule has 0 atom stereocenters. The van der Waals surface area contributed by atoms with Crippen LogP contribution in [0.1, 0.15) is 23.0 Å². The summed E-state index contributed by atoms with van der Waals surface area (Å²) in [5.74, 6) is -0.630. The Balaban J connectivity index is 1.67. The topological polar surface area (TPSA) is 18.5 Å². The Bertz CT molecular complexity index is 853. The second kappa shape index (κ2) is 7.39. The normalized spacial score (nSPS) is 17.0. The molecular formula is C22H17ClF2O2. The molecule has 3 aromatic carbocycles. The molecule has 1 fully saturated rings. The summed E-state index contributed by atoms with van der Waals surface area (Å²) in [6, 6.07) is 19.8. The summed E-state index contributed by atoms with van der Waals surface area (Å²) in [6.07, 6.45) is -0.517. The van der Waals surface area contributed by atoms with Crippen molar-refractivity contribution < 1.29 is 18.3 Å². The molecule has 4 rings (SSSR count). The standard InChI is InChI=1S/C22H17ClF2O2/c23-18-7-1-15(2-8-18)21-26-13-22(14-27-21,16-3-9-19(24)10-4-16)17-5-11-20(25)12-6-17/h1-12,21H,13-14H2. The van der Waals surface area contributed by atoms with Gasteiger partial charge < -0.3 is 9.47 Å². The van der Waals surface area contributed by atoms with Crippen LogP contribution in [0.15, 0.2) is 72.8 Å². The zero-order valence-electron chi connectivity index (χ0n) is 14.4. The van der Waals surface area contributed by atoms with Gasteiger partial charge in [0.25, 0.3) is 0 Å². The van der Waals surface area contributed by atoms with E-state index in [4.69, 9.17) is 21.1 Å². The van der Waals surface area contributed by atoms with Crippen molar-refractivity contribution >= 4 is 11.6 Å². The van der Waals surface area contributed by atoms with Crippen molar-refractivity contribution in [2.24, 2.45) is 0 Å². The number of hydrogen-bond donors (Lipinski definition) is 0. The van der Waals surface area contributed by atoms with Crippen molar-refractivity contribution in [2.75, 3.05) is 13.2 Å². The Morgan fingerprint density at radius 2 is 1.15 bits per heavy atom. The Kier molecular flexibility index (Phi) is 4.96. The second-order valence-electron chi connectivity index (χ2n) is 6.60. The molecule has 27 heavy (non-hydrogen) atoms. The molecule has 138 valence electrons. The van der Waals surface area contributed by atoms with E-state index < -0.39 is 11.7 Å². The van der Waals surface area contributed by atoms with Crippen molar-refractivity contribution in [1.29, 1.82) is 0 Å². The molecule has 1 aliphatic rings. The molecule has 0 spiro atoms. The minimum Gasteiger partial charge on any atom is -0.347 e. The molecule has 3 aromatic rings. The van der Waals surface area contributed by atoms with Crippen molar-refractivity contribution in [3.8, 4) is 0 Å². The van der Waals surface area contributed by atoms with Crippen molar-refractivity contribution in [3.63, 3.8) is 0 Å². The summed E-state index contributed by atoms with van der Waals surface area (Å²) in [4.78, 5) is 0. The highest BCUT2D eigenvalue weighted by Gasteiger charge is 2.40. The van der Waals surface area contributed by atoms with Gasteiger partial charge in [0.15, 0.2) is 6.29 Å². The molecule has 0 unspecified atom stereocenters. The van der Waals surface area contributed by atoms with Crippen LogP contribution in [0.2, 0.25) is 5.02 Å². The largest absolute Gasteiger partial charge is 0.347 e. The third kappa shape index (κ3) is 3.61. The highest BCUT2D eigenvalue weighted by molar-refractivity contribution is 6.30. The molecule has 1 heterocycles. The van der Waals surface area contributed by atoms with Crippen LogP contribution in [0.3, 0.4) is 0 Å². The molecule has 1 aliphatic heterocycles. The van der Waals surface area contributed by atoms with E-state index in [-0.39, 0.29) is 11.6 Å². The quantitative estimate of drug-likeness (QED) is 0.579. The highest BCUT2D eigenvalue weighted by atomic mass is 35.5. The van der Waals surface area contributed by atoms with E-state index in [1.54, 1.807) is 36.4 Å². The minimum absolute atomic E-state index is 0.315. The Hall–Kier alpha value is -2.27. The maximum atomic E-state index is 13.4. The third-order valence-corrected chi connectivity index (χ3v) is 5.15. The monoisotopic (exact) mass is 386 g/mol. The summed E-state index contributed by atoms with van der Waals surface area (Å²) in [5, 5.41) is 0.640. The van der Waals surface area contributed by atoms with Gasteiger partial charge in [-0.15, -0.1) is 0 Å². The average Bonchev–Trinajstić information content (AvgIpc) is 2.70. The number of benzene rings is 3. The zero-order valence-corrected chi connectivity index (χ0v) is 15.1. The van der Waals surface area contributed by atoms with Crippen LogP contribution < -0.4 is 0 Å². The van der Waals surface area contributed by atoms with Gasteiger partial charge in [-0.05, 0) is 47.5 Å². The van der Waals surface area contributed by atoms with E-state index in [9.17, 15) is 8.78 Å². The summed E-state index contributed by atoms with van der Waals surface area (Å²) >= 11 is 5.94. The first-order valence-electron chi connectivity index (χ1n) is 8.58. The maximum absolute atomic E-state index is 13.4. The van der Waals surface area contributed by atoms with Crippen molar-refractivity contribution in [1.82, 2.24) is 0 Å². The second-order valence-corrected chi connectivity index (χ2v) is 7.04. The van der Waals surface area contributed by atoms with Crippen LogP contribution in [0.4, 0.5) is 8.78 Å². The first-order valence-corrected chi connectivity index (χ1v) is 8.95. The lowest BCUT2D eigenvalue weighted by Crippen LogP contribution is -2.43. The molecule has 5 heteroatoms. The number of ether oxygens (including phenoxy) is 2. The smallest absolute Gasteiger partial charge is 0.183 e. The Labute approximate surface area is 161 Å². The van der Waals surface area contributed by atoms with E-state index in [1.165, 1.54) is 24.3 Å². The van der Waals surface area contributed by atoms with Crippen molar-refractivity contribution in [2.45, 2.75) is 11.7 Å². The molecule has 2 nitrogen and oxygen atoms in total. The predicted octanol–water partition coefficient (Wildman–Crippen LogP) is 5.65. The Morgan fingerprint density at radius 1 is 0.704 bits per heavy atom. The molecule has 0 radical (unpaired) electrons. The molecule has 0 bridgehead atoms. The fraction of sp³-hybridized carbons (Fsp3) is 0.182. The van der Waals surface area contributed by atoms with Gasteiger partial charge in [0.1, 0.15) is 11.6 Å². The lowest BCUT2D eigenvalue weighted by molar-refractivity contribution is -0.207. The Morgan fingerprint density at radius 3 is 1.59 bits per heavy atom. The molecule has 0 saturated carbocycles. The minimum atomic E-state index is -0.648. The lowest BCUT2D eigenvalue weighted by atomic mass is 9.75. The first-order chi connectivity index (χ1) is 13.1. The van der Waals surface area contributed by atoms with Gasteiger partial charge in [0.05, 0.1) is 18.6 Å². The third-order valence-electron chi connectivity index (χ3n) is 4.90. The van der Waals surface area contributed by atoms with Gasteiger partial charge in [-0.1, -0.05) is 48.0 Å². The molecular weight excluding hydrogens is 370 g/mol. The van der Waals surface area contributed by atoms with Gasteiger partial charge in [-0.3, -0.25) is 0 Å². The van der Waals surface area contributed by atoms with Crippen LogP contribution >= 0.6 is 11.6 Å². The van der Waals surface area contributed by atoms with Crippen molar-refractivity contribution in [3.05, 3.63) is 106 Å². The van der Waals surface area contributed by atoms with Crippen LogP contribution in [-0.2, 0) is 14.9 Å². The fourth-order valence-corrected chi connectivity index (χ4v) is 3.50. The van der Waals surface area contributed by atoms with Gasteiger partial charge >= 0.3 is 0 Å². The molecule has 0 aliphatic carbocycles. The van der Waals surface area contributed by atoms with Gasteiger partial charge in [0.2, 0.25) is 0 Å². The number of rotatable bonds is 3. The first kappa shape index (κ1) is 18.1. The maximum Gasteiger partial charge on any atom is 0.183 e. The van der Waals surface area contributed by atoms with Crippen LogP contribution in [0.5, 0.6) is 0 Å². The number of halogens is 3. The van der Waals surface area contributed by atoms with Crippen LogP contribution in [0, 0.1) is 11.6 Å². The number of hydrogen-bond acceptors (Lipinski definition) is 2. The summed E-state index contributed by atoms with van der Waals surface area (Å²) in [6.45, 7) is 0.634. The van der Waals surface area contributed by atoms with Crippen LogP contribution in [0.25, 0.3) is 0 Å². The van der Waals surface area contributed by atoms with Gasteiger partial charge in [-0.25, -0.2) is 8.78 Å². The van der Waals surface area contributed by atoms with Crippen LogP contribution in [-0.4, -0.2) is 13.2 Å².